The summed E-state index contributed by atoms with van der Waals surface area (Å²) in [6.45, 7) is 6.67. The standard InChI is InChI=1S/C13H21N2O.CH3O/c1-4-15(9-13(15)10(2)16-3)12-7-5-11(14)6-8-12;1-2/h5-8,10,13H,4,9,14H2,1-3H3;1H3/q+1;-1. The summed E-state index contributed by atoms with van der Waals surface area (Å²) in [6.07, 6.45) is 0.317. The maximum atomic E-state index is 8.25. The molecule has 3 unspecified atom stereocenters. The van der Waals surface area contributed by atoms with E-state index in [0.717, 1.165) is 23.8 Å². The van der Waals surface area contributed by atoms with Crippen LogP contribution in [0.5, 0.6) is 0 Å². The predicted molar refractivity (Wildman–Crippen MR) is 74.2 cm³/mol. The van der Waals surface area contributed by atoms with E-state index in [9.17, 15) is 0 Å². The van der Waals surface area contributed by atoms with Crippen LogP contribution in [0, 0.1) is 0 Å². The molecule has 4 heteroatoms. The van der Waals surface area contributed by atoms with Crippen molar-refractivity contribution < 1.29 is 9.84 Å². The Morgan fingerprint density at radius 1 is 1.39 bits per heavy atom. The van der Waals surface area contributed by atoms with Crippen LogP contribution in [0.15, 0.2) is 24.3 Å². The molecule has 4 nitrogen and oxygen atoms in total. The van der Waals surface area contributed by atoms with Crippen LogP contribution in [0.3, 0.4) is 0 Å². The highest BCUT2D eigenvalue weighted by molar-refractivity contribution is 5.54. The van der Waals surface area contributed by atoms with E-state index in [0.29, 0.717) is 12.1 Å². The van der Waals surface area contributed by atoms with Crippen molar-refractivity contribution in [3.63, 3.8) is 0 Å². The molecule has 2 rings (SSSR count). The second-order valence-electron chi connectivity index (χ2n) is 4.63. The van der Waals surface area contributed by atoms with E-state index in [1.54, 1.807) is 7.11 Å². The lowest BCUT2D eigenvalue weighted by Gasteiger charge is -2.20. The van der Waals surface area contributed by atoms with Gasteiger partial charge in [0.05, 0.1) is 6.54 Å². The third-order valence-electron chi connectivity index (χ3n) is 3.90. The van der Waals surface area contributed by atoms with Crippen LogP contribution >= 0.6 is 0 Å². The molecule has 1 heterocycles. The van der Waals surface area contributed by atoms with Crippen LogP contribution in [-0.2, 0) is 4.74 Å². The molecule has 0 bridgehead atoms. The van der Waals surface area contributed by atoms with E-state index in [1.807, 2.05) is 12.1 Å². The van der Waals surface area contributed by atoms with Crippen molar-refractivity contribution in [1.29, 1.82) is 0 Å². The SMILES string of the molecule is CC[N+]1(c2ccc(N)cc2)CC1C(C)OC.C[O-]. The van der Waals surface area contributed by atoms with Crippen molar-refractivity contribution in [2.75, 3.05) is 33.0 Å². The van der Waals surface area contributed by atoms with E-state index in [2.05, 4.69) is 26.0 Å². The van der Waals surface area contributed by atoms with Crippen molar-refractivity contribution in [1.82, 2.24) is 4.48 Å². The lowest BCUT2D eigenvalue weighted by atomic mass is 10.2. The van der Waals surface area contributed by atoms with Gasteiger partial charge in [0.2, 0.25) is 0 Å². The molecule has 1 aliphatic heterocycles. The average Bonchev–Trinajstić information content (AvgIpc) is 3.17. The van der Waals surface area contributed by atoms with Crippen LogP contribution < -0.4 is 15.3 Å². The smallest absolute Gasteiger partial charge is 0.170 e. The Bertz CT molecular complexity index is 367. The molecule has 1 aromatic rings. The highest BCUT2D eigenvalue weighted by Gasteiger charge is 2.58. The number of likely N-dealkylation sites (N-methyl/N-ethyl adjacent to an activating group) is 1. The molecule has 1 saturated heterocycles. The van der Waals surface area contributed by atoms with E-state index >= 15 is 0 Å². The summed E-state index contributed by atoms with van der Waals surface area (Å²) < 4.78 is 6.47. The molecule has 0 spiro atoms. The number of hydrogen-bond acceptors (Lipinski definition) is 3. The van der Waals surface area contributed by atoms with Gasteiger partial charge in [-0.05, 0) is 26.0 Å². The molecule has 0 aromatic heterocycles. The Morgan fingerprint density at radius 2 is 1.94 bits per heavy atom. The van der Waals surface area contributed by atoms with Gasteiger partial charge in [-0.15, -0.1) is 0 Å². The van der Waals surface area contributed by atoms with E-state index in [-0.39, 0.29) is 0 Å². The number of nitrogens with zero attached hydrogens (tertiary/aromatic N) is 1. The molecule has 18 heavy (non-hydrogen) atoms. The van der Waals surface area contributed by atoms with Gasteiger partial charge >= 0.3 is 0 Å². The minimum atomic E-state index is 0.317. The van der Waals surface area contributed by atoms with Gasteiger partial charge in [-0.2, -0.15) is 7.11 Å². The summed E-state index contributed by atoms with van der Waals surface area (Å²) in [5.74, 6) is 0. The minimum Gasteiger partial charge on any atom is -0.857 e. The molecule has 1 fully saturated rings. The highest BCUT2D eigenvalue weighted by Crippen LogP contribution is 2.40. The zero-order valence-corrected chi connectivity index (χ0v) is 11.7. The van der Waals surface area contributed by atoms with Gasteiger partial charge in [0.1, 0.15) is 18.3 Å². The van der Waals surface area contributed by atoms with Crippen molar-refractivity contribution in [2.24, 2.45) is 0 Å². The maximum absolute atomic E-state index is 8.25. The first-order valence-electron chi connectivity index (χ1n) is 6.30. The number of ether oxygens (including phenoxy) is 1. The van der Waals surface area contributed by atoms with Crippen LogP contribution in [-0.4, -0.2) is 39.5 Å². The third-order valence-corrected chi connectivity index (χ3v) is 3.90. The maximum Gasteiger partial charge on any atom is 0.170 e. The molecule has 2 N–H and O–H groups in total. The van der Waals surface area contributed by atoms with Crippen LogP contribution in [0.25, 0.3) is 0 Å². The topological polar surface area (TPSA) is 58.3 Å². The summed E-state index contributed by atoms with van der Waals surface area (Å²) >= 11 is 0. The quantitative estimate of drug-likeness (QED) is 0.494. The minimum absolute atomic E-state index is 0.317. The molecule has 1 aliphatic rings. The van der Waals surface area contributed by atoms with Gasteiger partial charge in [0.25, 0.3) is 0 Å². The fraction of sp³-hybridized carbons (Fsp3) is 0.571. The zero-order chi connectivity index (χ0) is 13.8. The highest BCUT2D eigenvalue weighted by atomic mass is 16.5. The van der Waals surface area contributed by atoms with Crippen molar-refractivity contribution in [3.05, 3.63) is 24.3 Å². The first-order valence-corrected chi connectivity index (χ1v) is 6.30. The fourth-order valence-corrected chi connectivity index (χ4v) is 2.61. The van der Waals surface area contributed by atoms with Crippen LogP contribution in [0.2, 0.25) is 0 Å². The van der Waals surface area contributed by atoms with Crippen molar-refractivity contribution >= 4 is 11.4 Å². The lowest BCUT2D eigenvalue weighted by molar-refractivity contribution is -0.325. The predicted octanol–water partition coefficient (Wildman–Crippen LogP) is 0.990. The number of anilines is 1. The Labute approximate surface area is 110 Å². The summed E-state index contributed by atoms with van der Waals surface area (Å²) in [5.41, 5.74) is 7.90. The Hall–Kier alpha value is -1.10. The van der Waals surface area contributed by atoms with Gasteiger partial charge in [0, 0.05) is 24.9 Å². The molecule has 1 aromatic carbocycles. The molecule has 102 valence electrons. The zero-order valence-electron chi connectivity index (χ0n) is 11.7. The molecule has 0 aliphatic carbocycles. The van der Waals surface area contributed by atoms with Crippen LogP contribution in [0.4, 0.5) is 11.4 Å². The number of methoxy groups -OCH3 is 1. The number of nitrogen functional groups attached to an aromatic ring is 1. The first-order chi connectivity index (χ1) is 8.64. The Balaban J connectivity index is 0.000000771. The van der Waals surface area contributed by atoms with Crippen LogP contribution in [0.1, 0.15) is 13.8 Å². The monoisotopic (exact) mass is 252 g/mol. The van der Waals surface area contributed by atoms with E-state index in [1.165, 1.54) is 12.2 Å². The average molecular weight is 252 g/mol. The lowest BCUT2D eigenvalue weighted by Crippen LogP contribution is -2.34. The van der Waals surface area contributed by atoms with Gasteiger partial charge in [0.15, 0.2) is 6.04 Å². The van der Waals surface area contributed by atoms with Gasteiger partial charge < -0.3 is 15.6 Å². The molecular formula is C14H24N2O2. The van der Waals surface area contributed by atoms with E-state index < -0.39 is 0 Å². The number of quaternary nitrogens is 1. The third kappa shape index (κ3) is 2.66. The number of hydrogen-bond donors (Lipinski definition) is 1. The van der Waals surface area contributed by atoms with Gasteiger partial charge in [-0.25, -0.2) is 0 Å². The summed E-state index contributed by atoms with van der Waals surface area (Å²) in [6, 6.07) is 8.84. The molecule has 0 amide bonds. The van der Waals surface area contributed by atoms with Crippen molar-refractivity contribution in [2.45, 2.75) is 26.0 Å². The van der Waals surface area contributed by atoms with E-state index in [4.69, 9.17) is 15.6 Å². The van der Waals surface area contributed by atoms with Crippen molar-refractivity contribution in [3.8, 4) is 0 Å². The second kappa shape index (κ2) is 6.18. The summed E-state index contributed by atoms with van der Waals surface area (Å²) in [5, 5.41) is 8.25. The first kappa shape index (κ1) is 15.0. The Morgan fingerprint density at radius 3 is 2.39 bits per heavy atom. The summed E-state index contributed by atoms with van der Waals surface area (Å²) in [7, 11) is 2.54. The molecule has 3 atom stereocenters. The molecule has 0 radical (unpaired) electrons. The number of rotatable bonds is 4. The normalized spacial score (nSPS) is 27.1. The fourth-order valence-electron chi connectivity index (χ4n) is 2.61. The molecular weight excluding hydrogens is 228 g/mol. The number of benzene rings is 1. The molecule has 0 saturated carbocycles. The second-order valence-corrected chi connectivity index (χ2v) is 4.63. The largest absolute Gasteiger partial charge is 0.857 e. The van der Waals surface area contributed by atoms with Gasteiger partial charge in [-0.3, -0.25) is 4.48 Å². The summed E-state index contributed by atoms with van der Waals surface area (Å²) in [4.78, 5) is 0. The van der Waals surface area contributed by atoms with Gasteiger partial charge in [-0.1, -0.05) is 0 Å². The Kier molecular flexibility index (Phi) is 5.14. The number of nitrogens with two attached hydrogens (primary N) is 1.